The molecule has 6 heteroatoms. The summed E-state index contributed by atoms with van der Waals surface area (Å²) in [4.78, 5) is 25.1. The Morgan fingerprint density at radius 2 is 2.19 bits per heavy atom. The van der Waals surface area contributed by atoms with Crippen LogP contribution in [0.15, 0.2) is 22.7 Å². The molecule has 1 aliphatic heterocycles. The van der Waals surface area contributed by atoms with E-state index in [1.807, 2.05) is 23.1 Å². The number of hydrogen-bond acceptors (Lipinski definition) is 4. The van der Waals surface area contributed by atoms with Crippen molar-refractivity contribution in [2.75, 3.05) is 18.0 Å². The molecular formula is C15H20BrN3O2. The highest BCUT2D eigenvalue weighted by Crippen LogP contribution is 2.26. The van der Waals surface area contributed by atoms with Crippen LogP contribution < -0.4 is 15.5 Å². The van der Waals surface area contributed by atoms with E-state index in [2.05, 4.69) is 33.5 Å². The molecule has 1 unspecified atom stereocenters. The molecule has 5 nitrogen and oxygen atoms in total. The second-order valence-corrected chi connectivity index (χ2v) is 6.02. The number of halogens is 1. The molecule has 0 spiro atoms. The van der Waals surface area contributed by atoms with Gasteiger partial charge in [0.15, 0.2) is 0 Å². The van der Waals surface area contributed by atoms with E-state index in [0.717, 1.165) is 35.2 Å². The van der Waals surface area contributed by atoms with Crippen LogP contribution in [0.3, 0.4) is 0 Å². The minimum atomic E-state index is -0.348. The van der Waals surface area contributed by atoms with Crippen molar-refractivity contribution >= 4 is 33.4 Å². The molecule has 1 aromatic carbocycles. The normalized spacial score (nSPS) is 18.8. The number of carbonyl (C=O) groups is 2. The first-order valence-corrected chi connectivity index (χ1v) is 7.91. The standard InChI is InChI=1S/C15H20BrN3O2/c1-3-6-17-8-11-4-5-12(7-13(11)16)19-9-14(20)18-15(21)10(19)2/h4-5,7,10,17H,3,6,8-9H2,1-2H3,(H,18,20,21). The van der Waals surface area contributed by atoms with E-state index < -0.39 is 0 Å². The SMILES string of the molecule is CCCNCc1ccc(N2CC(=O)NC(=O)C2C)cc1Br. The summed E-state index contributed by atoms with van der Waals surface area (Å²) in [5, 5.41) is 5.70. The Hall–Kier alpha value is -1.40. The maximum atomic E-state index is 11.7. The van der Waals surface area contributed by atoms with E-state index >= 15 is 0 Å². The van der Waals surface area contributed by atoms with Gasteiger partial charge in [-0.2, -0.15) is 0 Å². The van der Waals surface area contributed by atoms with Gasteiger partial charge >= 0.3 is 0 Å². The number of amides is 2. The van der Waals surface area contributed by atoms with E-state index in [1.54, 1.807) is 6.92 Å². The molecule has 0 aliphatic carbocycles. The number of piperazine rings is 1. The molecule has 1 heterocycles. The highest BCUT2D eigenvalue weighted by atomic mass is 79.9. The van der Waals surface area contributed by atoms with E-state index in [-0.39, 0.29) is 24.4 Å². The lowest BCUT2D eigenvalue weighted by Crippen LogP contribution is -2.57. The molecule has 0 bridgehead atoms. The average Bonchev–Trinajstić information content (AvgIpc) is 2.44. The molecule has 0 aromatic heterocycles. The zero-order valence-corrected chi connectivity index (χ0v) is 13.9. The lowest BCUT2D eigenvalue weighted by Gasteiger charge is -2.33. The molecule has 2 N–H and O–H groups in total. The van der Waals surface area contributed by atoms with E-state index in [0.29, 0.717) is 0 Å². The number of imide groups is 1. The van der Waals surface area contributed by atoms with Gasteiger partial charge in [-0.15, -0.1) is 0 Å². The number of anilines is 1. The first kappa shape index (κ1) is 16.0. The number of nitrogens with one attached hydrogen (secondary N) is 2. The fourth-order valence-electron chi connectivity index (χ4n) is 2.29. The first-order chi connectivity index (χ1) is 10.0. The quantitative estimate of drug-likeness (QED) is 0.625. The van der Waals surface area contributed by atoms with Crippen molar-refractivity contribution in [3.8, 4) is 0 Å². The topological polar surface area (TPSA) is 61.4 Å². The van der Waals surface area contributed by atoms with E-state index in [1.165, 1.54) is 0 Å². The minimum absolute atomic E-state index is 0.201. The third-order valence-electron chi connectivity index (χ3n) is 3.53. The molecule has 21 heavy (non-hydrogen) atoms. The molecule has 0 saturated carbocycles. The molecule has 1 aliphatic rings. The van der Waals surface area contributed by atoms with Crippen molar-refractivity contribution in [2.24, 2.45) is 0 Å². The highest BCUT2D eigenvalue weighted by Gasteiger charge is 2.30. The van der Waals surface area contributed by atoms with Gasteiger partial charge in [0, 0.05) is 16.7 Å². The highest BCUT2D eigenvalue weighted by molar-refractivity contribution is 9.10. The maximum Gasteiger partial charge on any atom is 0.249 e. The third kappa shape index (κ3) is 3.83. The van der Waals surface area contributed by atoms with Gasteiger partial charge in [0.05, 0.1) is 6.54 Å². The smallest absolute Gasteiger partial charge is 0.249 e. The summed E-state index contributed by atoms with van der Waals surface area (Å²) in [6.07, 6.45) is 1.10. The summed E-state index contributed by atoms with van der Waals surface area (Å²) >= 11 is 3.56. The van der Waals surface area contributed by atoms with Crippen LogP contribution in [0.2, 0.25) is 0 Å². The van der Waals surface area contributed by atoms with Gasteiger partial charge in [-0.3, -0.25) is 14.9 Å². The van der Waals surface area contributed by atoms with Crippen molar-refractivity contribution in [1.29, 1.82) is 0 Å². The van der Waals surface area contributed by atoms with Crippen LogP contribution in [0.25, 0.3) is 0 Å². The van der Waals surface area contributed by atoms with E-state index in [9.17, 15) is 9.59 Å². The predicted molar refractivity (Wildman–Crippen MR) is 86.1 cm³/mol. The van der Waals surface area contributed by atoms with Gasteiger partial charge in [-0.25, -0.2) is 0 Å². The summed E-state index contributed by atoms with van der Waals surface area (Å²) < 4.78 is 0.981. The zero-order chi connectivity index (χ0) is 15.4. The zero-order valence-electron chi connectivity index (χ0n) is 12.3. The predicted octanol–water partition coefficient (Wildman–Crippen LogP) is 1.80. The largest absolute Gasteiger partial charge is 0.350 e. The van der Waals surface area contributed by atoms with Crippen LogP contribution >= 0.6 is 15.9 Å². The van der Waals surface area contributed by atoms with Gasteiger partial charge in [-0.1, -0.05) is 28.9 Å². The second-order valence-electron chi connectivity index (χ2n) is 5.17. The van der Waals surface area contributed by atoms with Crippen LogP contribution in [0.4, 0.5) is 5.69 Å². The summed E-state index contributed by atoms with van der Waals surface area (Å²) in [6, 6.07) is 5.59. The second kappa shape index (κ2) is 7.04. The fraction of sp³-hybridized carbons (Fsp3) is 0.467. The number of rotatable bonds is 5. The first-order valence-electron chi connectivity index (χ1n) is 7.12. The van der Waals surface area contributed by atoms with Crippen LogP contribution in [-0.2, 0) is 16.1 Å². The Balaban J connectivity index is 2.15. The summed E-state index contributed by atoms with van der Waals surface area (Å²) in [6.45, 7) is 5.90. The average molecular weight is 354 g/mol. The Bertz CT molecular complexity index is 548. The van der Waals surface area contributed by atoms with Crippen molar-refractivity contribution in [3.63, 3.8) is 0 Å². The molecule has 0 radical (unpaired) electrons. The Morgan fingerprint density at radius 3 is 2.86 bits per heavy atom. The molecule has 1 saturated heterocycles. The molecule has 1 aromatic rings. The Kier molecular flexibility index (Phi) is 5.36. The molecule has 1 atom stereocenters. The van der Waals surface area contributed by atoms with Gasteiger partial charge in [-0.05, 0) is 37.6 Å². The van der Waals surface area contributed by atoms with Gasteiger partial charge in [0.2, 0.25) is 11.8 Å². The molecular weight excluding hydrogens is 334 g/mol. The number of nitrogens with zero attached hydrogens (tertiary/aromatic N) is 1. The molecule has 2 amide bonds. The van der Waals surface area contributed by atoms with Crippen LogP contribution in [0.1, 0.15) is 25.8 Å². The monoisotopic (exact) mass is 353 g/mol. The minimum Gasteiger partial charge on any atom is -0.350 e. The number of carbonyl (C=O) groups excluding carboxylic acids is 2. The Morgan fingerprint density at radius 1 is 1.43 bits per heavy atom. The summed E-state index contributed by atoms with van der Waals surface area (Å²) in [5.41, 5.74) is 2.03. The van der Waals surface area contributed by atoms with Crippen LogP contribution in [-0.4, -0.2) is 30.9 Å². The molecule has 1 fully saturated rings. The Labute approximate surface area is 133 Å². The van der Waals surface area contributed by atoms with Crippen molar-refractivity contribution < 1.29 is 9.59 Å². The van der Waals surface area contributed by atoms with Crippen LogP contribution in [0.5, 0.6) is 0 Å². The van der Waals surface area contributed by atoms with Crippen LogP contribution in [0, 0.1) is 0 Å². The van der Waals surface area contributed by atoms with Gasteiger partial charge in [0.1, 0.15) is 6.04 Å². The maximum absolute atomic E-state index is 11.7. The number of benzene rings is 1. The summed E-state index contributed by atoms with van der Waals surface area (Å²) in [7, 11) is 0. The van der Waals surface area contributed by atoms with Gasteiger partial charge < -0.3 is 10.2 Å². The fourth-order valence-corrected chi connectivity index (χ4v) is 2.79. The third-order valence-corrected chi connectivity index (χ3v) is 4.27. The lowest BCUT2D eigenvalue weighted by atomic mass is 10.1. The van der Waals surface area contributed by atoms with Crippen molar-refractivity contribution in [2.45, 2.75) is 32.9 Å². The molecule has 114 valence electrons. The summed E-state index contributed by atoms with van der Waals surface area (Å²) in [5.74, 6) is -0.515. The number of hydrogen-bond donors (Lipinski definition) is 2. The molecule has 2 rings (SSSR count). The van der Waals surface area contributed by atoms with E-state index in [4.69, 9.17) is 0 Å². The van der Waals surface area contributed by atoms with Crippen molar-refractivity contribution in [1.82, 2.24) is 10.6 Å². The lowest BCUT2D eigenvalue weighted by molar-refractivity contribution is -0.132. The van der Waals surface area contributed by atoms with Gasteiger partial charge in [0.25, 0.3) is 0 Å². The van der Waals surface area contributed by atoms with Crippen molar-refractivity contribution in [3.05, 3.63) is 28.2 Å².